The van der Waals surface area contributed by atoms with Gasteiger partial charge in [0.2, 0.25) is 0 Å². The summed E-state index contributed by atoms with van der Waals surface area (Å²) in [5, 5.41) is 2.74. The molecule has 1 aromatic rings. The van der Waals surface area contributed by atoms with Crippen LogP contribution in [-0.2, 0) is 5.67 Å². The average Bonchev–Trinajstić information content (AvgIpc) is 2.60. The summed E-state index contributed by atoms with van der Waals surface area (Å²) in [4.78, 5) is 4.19. The molecule has 2 nitrogen and oxygen atoms in total. The Hall–Kier alpha value is -0.480. The first-order valence-corrected chi connectivity index (χ1v) is 5.35. The van der Waals surface area contributed by atoms with Crippen LogP contribution in [0.15, 0.2) is 5.38 Å². The number of thiazole rings is 1. The van der Waals surface area contributed by atoms with E-state index in [-0.39, 0.29) is 6.04 Å². The lowest BCUT2D eigenvalue weighted by atomic mass is 10.0. The largest absolute Gasteiger partial charge is 0.328 e. The van der Waals surface area contributed by atoms with E-state index in [1.54, 1.807) is 0 Å². The van der Waals surface area contributed by atoms with Crippen LogP contribution in [0.4, 0.5) is 4.39 Å². The first-order valence-electron chi connectivity index (χ1n) is 4.47. The molecule has 13 heavy (non-hydrogen) atoms. The number of halogens is 1. The van der Waals surface area contributed by atoms with E-state index in [9.17, 15) is 4.39 Å². The second-order valence-electron chi connectivity index (χ2n) is 3.72. The highest BCUT2D eigenvalue weighted by atomic mass is 32.1. The van der Waals surface area contributed by atoms with E-state index in [4.69, 9.17) is 5.73 Å². The van der Waals surface area contributed by atoms with E-state index in [1.807, 2.05) is 12.3 Å². The maximum Gasteiger partial charge on any atom is 0.155 e. The quantitative estimate of drug-likeness (QED) is 0.754. The van der Waals surface area contributed by atoms with E-state index >= 15 is 0 Å². The van der Waals surface area contributed by atoms with Gasteiger partial charge in [-0.3, -0.25) is 0 Å². The van der Waals surface area contributed by atoms with Crippen LogP contribution in [0.5, 0.6) is 0 Å². The molecule has 4 heteroatoms. The van der Waals surface area contributed by atoms with Gasteiger partial charge in [-0.25, -0.2) is 9.37 Å². The summed E-state index contributed by atoms with van der Waals surface area (Å²) in [6.45, 7) is 1.90. The second-order valence-corrected chi connectivity index (χ2v) is 4.78. The molecule has 0 amide bonds. The average molecular weight is 200 g/mol. The molecule has 0 aromatic carbocycles. The molecule has 72 valence electrons. The van der Waals surface area contributed by atoms with Gasteiger partial charge in [0.05, 0.1) is 10.7 Å². The lowest BCUT2D eigenvalue weighted by Gasteiger charge is -2.15. The molecule has 0 bridgehead atoms. The van der Waals surface area contributed by atoms with E-state index in [0.717, 1.165) is 11.4 Å². The SMILES string of the molecule is Cc1nc(C2(F)CCC(N)C2)cs1. The first kappa shape index (κ1) is 9.09. The molecule has 2 rings (SSSR count). The molecule has 1 fully saturated rings. The van der Waals surface area contributed by atoms with E-state index < -0.39 is 5.67 Å². The fourth-order valence-corrected chi connectivity index (χ4v) is 2.53. The number of nitrogens with two attached hydrogens (primary N) is 1. The van der Waals surface area contributed by atoms with Crippen LogP contribution >= 0.6 is 11.3 Å². The van der Waals surface area contributed by atoms with Crippen LogP contribution < -0.4 is 5.73 Å². The highest BCUT2D eigenvalue weighted by molar-refractivity contribution is 7.09. The van der Waals surface area contributed by atoms with E-state index in [2.05, 4.69) is 4.98 Å². The molecule has 0 saturated heterocycles. The van der Waals surface area contributed by atoms with Crippen molar-refractivity contribution in [2.24, 2.45) is 5.73 Å². The van der Waals surface area contributed by atoms with Gasteiger partial charge in [-0.15, -0.1) is 11.3 Å². The van der Waals surface area contributed by atoms with Gasteiger partial charge in [0.25, 0.3) is 0 Å². The van der Waals surface area contributed by atoms with Crippen molar-refractivity contribution < 1.29 is 4.39 Å². The third-order valence-corrected chi connectivity index (χ3v) is 3.35. The van der Waals surface area contributed by atoms with Crippen LogP contribution in [0.2, 0.25) is 0 Å². The Bertz CT molecular complexity index is 312. The van der Waals surface area contributed by atoms with Crippen LogP contribution in [0.25, 0.3) is 0 Å². The Morgan fingerprint density at radius 1 is 1.77 bits per heavy atom. The molecule has 1 aromatic heterocycles. The molecule has 0 aliphatic heterocycles. The Labute approximate surface area is 81.0 Å². The van der Waals surface area contributed by atoms with Crippen molar-refractivity contribution in [2.75, 3.05) is 0 Å². The fraction of sp³-hybridized carbons (Fsp3) is 0.667. The number of hydrogen-bond donors (Lipinski definition) is 1. The Morgan fingerprint density at radius 2 is 2.54 bits per heavy atom. The van der Waals surface area contributed by atoms with Crippen molar-refractivity contribution in [1.29, 1.82) is 0 Å². The number of rotatable bonds is 1. The molecule has 2 atom stereocenters. The van der Waals surface area contributed by atoms with Gasteiger partial charge < -0.3 is 5.73 Å². The Balaban J connectivity index is 2.25. The highest BCUT2D eigenvalue weighted by Gasteiger charge is 2.41. The third kappa shape index (κ3) is 1.60. The molecule has 2 unspecified atom stereocenters. The predicted molar refractivity (Wildman–Crippen MR) is 51.5 cm³/mol. The van der Waals surface area contributed by atoms with Crippen LogP contribution in [0.3, 0.4) is 0 Å². The maximum atomic E-state index is 14.2. The normalized spacial score (nSPS) is 33.9. The van der Waals surface area contributed by atoms with Gasteiger partial charge in [-0.1, -0.05) is 0 Å². The zero-order chi connectivity index (χ0) is 9.47. The van der Waals surface area contributed by atoms with Crippen LogP contribution in [0, 0.1) is 6.92 Å². The number of aryl methyl sites for hydroxylation is 1. The molecule has 2 N–H and O–H groups in total. The fourth-order valence-electron chi connectivity index (χ4n) is 1.84. The van der Waals surface area contributed by atoms with Crippen molar-refractivity contribution in [3.63, 3.8) is 0 Å². The smallest absolute Gasteiger partial charge is 0.155 e. The number of hydrogen-bond acceptors (Lipinski definition) is 3. The van der Waals surface area contributed by atoms with Crippen molar-refractivity contribution >= 4 is 11.3 Å². The minimum Gasteiger partial charge on any atom is -0.328 e. The van der Waals surface area contributed by atoms with Gasteiger partial charge in [0.15, 0.2) is 5.67 Å². The Kier molecular flexibility index (Phi) is 2.12. The molecule has 1 saturated carbocycles. The lowest BCUT2D eigenvalue weighted by Crippen LogP contribution is -2.21. The number of alkyl halides is 1. The maximum absolute atomic E-state index is 14.2. The topological polar surface area (TPSA) is 38.9 Å². The van der Waals surface area contributed by atoms with Crippen LogP contribution in [0.1, 0.15) is 30.0 Å². The van der Waals surface area contributed by atoms with E-state index in [0.29, 0.717) is 18.5 Å². The van der Waals surface area contributed by atoms with Crippen molar-refractivity contribution in [1.82, 2.24) is 4.98 Å². The number of aromatic nitrogens is 1. The van der Waals surface area contributed by atoms with Crippen molar-refractivity contribution in [3.05, 3.63) is 16.1 Å². The van der Waals surface area contributed by atoms with E-state index in [1.165, 1.54) is 11.3 Å². The van der Waals surface area contributed by atoms with Gasteiger partial charge >= 0.3 is 0 Å². The predicted octanol–water partition coefficient (Wildman–Crippen LogP) is 2.13. The van der Waals surface area contributed by atoms with Crippen molar-refractivity contribution in [2.45, 2.75) is 37.9 Å². The zero-order valence-electron chi connectivity index (χ0n) is 7.59. The molecule has 1 aliphatic rings. The van der Waals surface area contributed by atoms with Gasteiger partial charge in [-0.2, -0.15) is 0 Å². The van der Waals surface area contributed by atoms with Gasteiger partial charge in [0, 0.05) is 17.8 Å². The monoisotopic (exact) mass is 200 g/mol. The summed E-state index contributed by atoms with van der Waals surface area (Å²) in [7, 11) is 0. The Morgan fingerprint density at radius 3 is 3.00 bits per heavy atom. The highest BCUT2D eigenvalue weighted by Crippen LogP contribution is 2.41. The standard InChI is InChI=1S/C9H13FN2S/c1-6-12-8(5-13-6)9(10)3-2-7(11)4-9/h5,7H,2-4,11H2,1H3. The lowest BCUT2D eigenvalue weighted by molar-refractivity contribution is 0.167. The van der Waals surface area contributed by atoms with Gasteiger partial charge in [0.1, 0.15) is 0 Å². The summed E-state index contributed by atoms with van der Waals surface area (Å²) in [5.41, 5.74) is 5.03. The minimum atomic E-state index is -1.25. The molecule has 0 radical (unpaired) electrons. The zero-order valence-corrected chi connectivity index (χ0v) is 8.40. The molecule has 1 aliphatic carbocycles. The van der Waals surface area contributed by atoms with Gasteiger partial charge in [-0.05, 0) is 19.8 Å². The van der Waals surface area contributed by atoms with Crippen LogP contribution in [-0.4, -0.2) is 11.0 Å². The molecular weight excluding hydrogens is 187 g/mol. The summed E-state index contributed by atoms with van der Waals surface area (Å²) in [6, 6.07) is 0.00649. The number of nitrogens with zero attached hydrogens (tertiary/aromatic N) is 1. The molecule has 1 heterocycles. The van der Waals surface area contributed by atoms with Crippen molar-refractivity contribution in [3.8, 4) is 0 Å². The molecular formula is C9H13FN2S. The summed E-state index contributed by atoms with van der Waals surface area (Å²) in [6.07, 6.45) is 1.72. The third-order valence-electron chi connectivity index (χ3n) is 2.58. The molecule has 0 spiro atoms. The summed E-state index contributed by atoms with van der Waals surface area (Å²) < 4.78 is 14.2. The first-order chi connectivity index (χ1) is 6.10. The minimum absolute atomic E-state index is 0.00649. The second kappa shape index (κ2) is 3.03. The summed E-state index contributed by atoms with van der Waals surface area (Å²) >= 11 is 1.50. The summed E-state index contributed by atoms with van der Waals surface area (Å²) in [5.74, 6) is 0.